The van der Waals surface area contributed by atoms with Crippen molar-refractivity contribution in [2.45, 2.75) is 12.1 Å². The lowest BCUT2D eigenvalue weighted by Crippen LogP contribution is -2.54. The monoisotopic (exact) mass is 287 g/mol. The van der Waals surface area contributed by atoms with Gasteiger partial charge in [-0.15, -0.1) is 0 Å². The van der Waals surface area contributed by atoms with Gasteiger partial charge in [-0.1, -0.05) is 11.2 Å². The normalized spacial score (nSPS) is 12.7. The molecule has 0 aliphatic rings. The van der Waals surface area contributed by atoms with Crippen LogP contribution in [0.15, 0.2) is 23.4 Å². The minimum atomic E-state index is -1.27. The first kappa shape index (κ1) is 16.3. The summed E-state index contributed by atoms with van der Waals surface area (Å²) in [6.45, 7) is -1.38. The quantitative estimate of drug-likeness (QED) is 0.160. The van der Waals surface area contributed by atoms with Crippen molar-refractivity contribution in [1.29, 1.82) is 0 Å². The van der Waals surface area contributed by atoms with Crippen molar-refractivity contribution in [2.75, 3.05) is 19.8 Å². The average molecular weight is 287 g/mol. The van der Waals surface area contributed by atoms with E-state index in [0.717, 1.165) is 6.07 Å². The van der Waals surface area contributed by atoms with Gasteiger partial charge in [-0.2, -0.15) is 0 Å². The first-order valence-electron chi connectivity index (χ1n) is 5.86. The van der Waals surface area contributed by atoms with Crippen LogP contribution in [-0.4, -0.2) is 51.7 Å². The van der Waals surface area contributed by atoms with E-state index in [-0.39, 0.29) is 17.9 Å². The zero-order chi connectivity index (χ0) is 15.2. The molecule has 0 saturated heterocycles. The van der Waals surface area contributed by atoms with Crippen molar-refractivity contribution < 1.29 is 24.9 Å². The Hall–Kier alpha value is -1.74. The third-order valence-corrected chi connectivity index (χ3v) is 3.02. The largest absolute Gasteiger partial charge is 0.409 e. The van der Waals surface area contributed by atoms with Gasteiger partial charge in [0.2, 0.25) is 0 Å². The summed E-state index contributed by atoms with van der Waals surface area (Å²) in [6, 6.07) is 3.72. The molecule has 7 nitrogen and oxygen atoms in total. The number of aliphatic hydroxyl groups is 3. The molecular weight excluding hydrogens is 269 g/mol. The number of nitrogens with one attached hydrogen (secondary N) is 1. The third-order valence-electron chi connectivity index (χ3n) is 3.02. The summed E-state index contributed by atoms with van der Waals surface area (Å²) >= 11 is 0. The van der Waals surface area contributed by atoms with Gasteiger partial charge in [-0.05, 0) is 17.7 Å². The van der Waals surface area contributed by atoms with Crippen LogP contribution >= 0.6 is 0 Å². The molecule has 0 aliphatic carbocycles. The number of hydrogen-bond acceptors (Lipinski definition) is 6. The van der Waals surface area contributed by atoms with Crippen molar-refractivity contribution in [3.8, 4) is 0 Å². The summed E-state index contributed by atoms with van der Waals surface area (Å²) in [4.78, 5) is 0. The SMILES string of the molecule is N/C(=N/O)c1cc(F)ccc1CNC(CO)(CO)CO. The summed E-state index contributed by atoms with van der Waals surface area (Å²) in [5.74, 6) is -0.808. The highest BCUT2D eigenvalue weighted by molar-refractivity contribution is 5.98. The fourth-order valence-corrected chi connectivity index (χ4v) is 1.60. The fourth-order valence-electron chi connectivity index (χ4n) is 1.60. The molecule has 0 spiro atoms. The Kier molecular flexibility index (Phi) is 5.83. The molecule has 20 heavy (non-hydrogen) atoms. The third kappa shape index (κ3) is 3.64. The van der Waals surface area contributed by atoms with E-state index in [9.17, 15) is 19.7 Å². The van der Waals surface area contributed by atoms with Gasteiger partial charge in [0.15, 0.2) is 5.84 Å². The Morgan fingerprint density at radius 1 is 1.25 bits per heavy atom. The first-order valence-corrected chi connectivity index (χ1v) is 5.86. The minimum absolute atomic E-state index is 0.0769. The van der Waals surface area contributed by atoms with Crippen LogP contribution in [0.4, 0.5) is 4.39 Å². The fraction of sp³-hybridized carbons (Fsp3) is 0.417. The van der Waals surface area contributed by atoms with Crippen LogP contribution in [0.25, 0.3) is 0 Å². The number of nitrogens with zero attached hydrogens (tertiary/aromatic N) is 1. The van der Waals surface area contributed by atoms with Crippen LogP contribution in [0.2, 0.25) is 0 Å². The number of benzene rings is 1. The lowest BCUT2D eigenvalue weighted by Gasteiger charge is -2.29. The van der Waals surface area contributed by atoms with E-state index >= 15 is 0 Å². The van der Waals surface area contributed by atoms with Crippen molar-refractivity contribution in [2.24, 2.45) is 10.9 Å². The molecule has 1 rings (SSSR count). The number of aliphatic hydroxyl groups excluding tert-OH is 3. The maximum absolute atomic E-state index is 13.2. The van der Waals surface area contributed by atoms with E-state index in [1.54, 1.807) is 0 Å². The predicted molar refractivity (Wildman–Crippen MR) is 69.7 cm³/mol. The zero-order valence-electron chi connectivity index (χ0n) is 10.8. The molecule has 0 atom stereocenters. The Morgan fingerprint density at radius 3 is 2.35 bits per heavy atom. The number of nitrogens with two attached hydrogens (primary N) is 1. The molecule has 8 heteroatoms. The van der Waals surface area contributed by atoms with E-state index in [1.807, 2.05) is 0 Å². The summed E-state index contributed by atoms with van der Waals surface area (Å²) in [6.07, 6.45) is 0. The molecule has 0 heterocycles. The maximum atomic E-state index is 13.2. The van der Waals surface area contributed by atoms with Gasteiger partial charge < -0.3 is 31.6 Å². The Labute approximate surface area is 115 Å². The topological polar surface area (TPSA) is 131 Å². The molecule has 0 fully saturated rings. The van der Waals surface area contributed by atoms with Gasteiger partial charge in [0.05, 0.1) is 25.4 Å². The minimum Gasteiger partial charge on any atom is -0.409 e. The molecule has 7 N–H and O–H groups in total. The molecule has 0 saturated carbocycles. The average Bonchev–Trinajstić information content (AvgIpc) is 2.49. The molecule has 1 aromatic rings. The van der Waals surface area contributed by atoms with E-state index in [1.165, 1.54) is 12.1 Å². The molecule has 0 aliphatic heterocycles. The van der Waals surface area contributed by atoms with Gasteiger partial charge in [0.1, 0.15) is 5.82 Å². The molecule has 0 amide bonds. The van der Waals surface area contributed by atoms with E-state index in [0.29, 0.717) is 5.56 Å². The smallest absolute Gasteiger partial charge is 0.170 e. The summed E-state index contributed by atoms with van der Waals surface area (Å²) in [5, 5.41) is 41.8. The number of hydrogen-bond donors (Lipinski definition) is 6. The number of halogens is 1. The second-order valence-electron chi connectivity index (χ2n) is 4.39. The van der Waals surface area contributed by atoms with E-state index < -0.39 is 31.2 Å². The second kappa shape index (κ2) is 7.15. The molecule has 0 radical (unpaired) electrons. The lowest BCUT2D eigenvalue weighted by atomic mass is 10.0. The molecule has 112 valence electrons. The van der Waals surface area contributed by atoms with E-state index in [4.69, 9.17) is 10.9 Å². The summed E-state index contributed by atoms with van der Waals surface area (Å²) in [7, 11) is 0. The van der Waals surface area contributed by atoms with Gasteiger partial charge >= 0.3 is 0 Å². The van der Waals surface area contributed by atoms with Crippen LogP contribution in [0.3, 0.4) is 0 Å². The van der Waals surface area contributed by atoms with Gasteiger partial charge in [-0.3, -0.25) is 0 Å². The summed E-state index contributed by atoms with van der Waals surface area (Å²) in [5.41, 5.74) is 4.86. The molecule has 0 aromatic heterocycles. The number of rotatable bonds is 7. The molecule has 1 aromatic carbocycles. The Balaban J connectivity index is 2.98. The van der Waals surface area contributed by atoms with Crippen LogP contribution in [0.5, 0.6) is 0 Å². The van der Waals surface area contributed by atoms with Crippen molar-refractivity contribution in [1.82, 2.24) is 5.32 Å². The highest BCUT2D eigenvalue weighted by atomic mass is 19.1. The number of amidine groups is 1. The maximum Gasteiger partial charge on any atom is 0.170 e. The van der Waals surface area contributed by atoms with Crippen LogP contribution in [0.1, 0.15) is 11.1 Å². The van der Waals surface area contributed by atoms with Crippen LogP contribution in [0, 0.1) is 5.82 Å². The predicted octanol–water partition coefficient (Wildman–Crippen LogP) is -1.27. The molecular formula is C12H18FN3O4. The highest BCUT2D eigenvalue weighted by Gasteiger charge is 2.27. The van der Waals surface area contributed by atoms with Gasteiger partial charge in [0, 0.05) is 12.1 Å². The highest BCUT2D eigenvalue weighted by Crippen LogP contribution is 2.13. The van der Waals surface area contributed by atoms with Crippen LogP contribution < -0.4 is 11.1 Å². The van der Waals surface area contributed by atoms with Gasteiger partial charge in [-0.25, -0.2) is 4.39 Å². The Morgan fingerprint density at radius 2 is 1.85 bits per heavy atom. The Bertz CT molecular complexity index is 470. The van der Waals surface area contributed by atoms with Crippen molar-refractivity contribution >= 4 is 5.84 Å². The standard InChI is InChI=1S/C12H18FN3O4/c13-9-2-1-8(10(3-9)11(14)16-20)4-15-12(5-17,6-18)7-19/h1-3,15,17-20H,4-7H2,(H2,14,16). The van der Waals surface area contributed by atoms with Crippen molar-refractivity contribution in [3.63, 3.8) is 0 Å². The molecule has 0 unspecified atom stereocenters. The van der Waals surface area contributed by atoms with Crippen LogP contribution in [-0.2, 0) is 6.54 Å². The first-order chi connectivity index (χ1) is 9.51. The number of oxime groups is 1. The lowest BCUT2D eigenvalue weighted by molar-refractivity contribution is 0.0413. The zero-order valence-corrected chi connectivity index (χ0v) is 10.8. The van der Waals surface area contributed by atoms with E-state index in [2.05, 4.69) is 10.5 Å². The second-order valence-corrected chi connectivity index (χ2v) is 4.39. The van der Waals surface area contributed by atoms with Gasteiger partial charge in [0.25, 0.3) is 0 Å². The summed E-state index contributed by atoms with van der Waals surface area (Å²) < 4.78 is 13.2. The molecule has 0 bridgehead atoms. The van der Waals surface area contributed by atoms with Crippen molar-refractivity contribution in [3.05, 3.63) is 35.1 Å².